The zero-order valence-corrected chi connectivity index (χ0v) is 20.3. The van der Waals surface area contributed by atoms with Gasteiger partial charge in [-0.25, -0.2) is 8.42 Å². The van der Waals surface area contributed by atoms with E-state index in [1.807, 2.05) is 32.9 Å². The molecule has 2 aromatic rings. The van der Waals surface area contributed by atoms with Gasteiger partial charge in [-0.2, -0.15) is 4.31 Å². The Bertz CT molecular complexity index is 1130. The largest absolute Gasteiger partial charge is 0.332 e. The van der Waals surface area contributed by atoms with Crippen LogP contribution in [0.15, 0.2) is 35.2 Å². The monoisotopic (exact) mass is 477 g/mol. The predicted molar refractivity (Wildman–Crippen MR) is 126 cm³/mol. The first-order valence-corrected chi connectivity index (χ1v) is 12.3. The van der Waals surface area contributed by atoms with E-state index in [2.05, 4.69) is 5.32 Å². The van der Waals surface area contributed by atoms with Crippen molar-refractivity contribution < 1.29 is 18.0 Å². The van der Waals surface area contributed by atoms with Crippen molar-refractivity contribution >= 4 is 39.1 Å². The number of nitrogens with zero attached hydrogens (tertiary/aromatic N) is 2. The lowest BCUT2D eigenvalue weighted by Gasteiger charge is -2.20. The van der Waals surface area contributed by atoms with Gasteiger partial charge in [-0.15, -0.1) is 0 Å². The minimum atomic E-state index is -3.78. The zero-order valence-electron chi connectivity index (χ0n) is 18.7. The molecule has 0 bridgehead atoms. The third kappa shape index (κ3) is 5.14. The predicted octanol–water partition coefficient (Wildman–Crippen LogP) is 3.76. The summed E-state index contributed by atoms with van der Waals surface area (Å²) in [5, 5.41) is 2.94. The second-order valence-corrected chi connectivity index (χ2v) is 10.6. The van der Waals surface area contributed by atoms with Crippen molar-refractivity contribution in [3.63, 3.8) is 0 Å². The van der Waals surface area contributed by atoms with Crippen molar-refractivity contribution in [3.05, 3.63) is 57.6 Å². The first kappa shape index (κ1) is 24.2. The van der Waals surface area contributed by atoms with Crippen LogP contribution in [0, 0.1) is 20.8 Å². The molecule has 3 rings (SSSR count). The molecule has 32 heavy (non-hydrogen) atoms. The lowest BCUT2D eigenvalue weighted by atomic mass is 10.1. The summed E-state index contributed by atoms with van der Waals surface area (Å²) in [6, 6.07) is 8.13. The summed E-state index contributed by atoms with van der Waals surface area (Å²) in [4.78, 5) is 26.7. The lowest BCUT2D eigenvalue weighted by molar-refractivity contribution is -0.116. The smallest absolute Gasteiger partial charge is 0.254 e. The van der Waals surface area contributed by atoms with Crippen LogP contribution in [0.25, 0.3) is 0 Å². The Kier molecular flexibility index (Phi) is 7.27. The standard InChI is InChI=1S/C23H28ClN3O4S/c1-15-11-16(2)22(17(3)12-15)25-21(28)14-26(4)23(29)18-7-8-19(24)20(13-18)32(30,31)27-9-5-6-10-27/h7-8,11-13H,5-6,9-10,14H2,1-4H3,(H,25,28). The molecule has 1 N–H and O–H groups in total. The van der Waals surface area contributed by atoms with Crippen LogP contribution in [0.2, 0.25) is 5.02 Å². The first-order valence-electron chi connectivity index (χ1n) is 10.4. The number of rotatable bonds is 6. The number of anilines is 1. The zero-order chi connectivity index (χ0) is 23.6. The minimum absolute atomic E-state index is 0.0687. The summed E-state index contributed by atoms with van der Waals surface area (Å²) < 4.78 is 27.2. The van der Waals surface area contributed by atoms with Crippen LogP contribution in [0.1, 0.15) is 39.9 Å². The molecule has 0 saturated carbocycles. The quantitative estimate of drug-likeness (QED) is 0.686. The average Bonchev–Trinajstić information content (AvgIpc) is 3.26. The highest BCUT2D eigenvalue weighted by Crippen LogP contribution is 2.28. The molecule has 0 radical (unpaired) electrons. The second-order valence-electron chi connectivity index (χ2n) is 8.24. The van der Waals surface area contributed by atoms with E-state index in [4.69, 9.17) is 11.6 Å². The molecule has 9 heteroatoms. The maximum Gasteiger partial charge on any atom is 0.254 e. The van der Waals surface area contributed by atoms with Crippen molar-refractivity contribution in [3.8, 4) is 0 Å². The molecule has 1 heterocycles. The van der Waals surface area contributed by atoms with Crippen LogP contribution < -0.4 is 5.32 Å². The third-order valence-corrected chi connectivity index (χ3v) is 7.91. The molecule has 1 aliphatic heterocycles. The number of amides is 2. The molecule has 0 unspecified atom stereocenters. The van der Waals surface area contributed by atoms with Crippen molar-refractivity contribution in [2.75, 3.05) is 32.0 Å². The number of nitrogens with one attached hydrogen (secondary N) is 1. The van der Waals surface area contributed by atoms with E-state index >= 15 is 0 Å². The molecule has 1 saturated heterocycles. The number of benzene rings is 2. The summed E-state index contributed by atoms with van der Waals surface area (Å²) in [5.41, 5.74) is 3.88. The van der Waals surface area contributed by atoms with Gasteiger partial charge >= 0.3 is 0 Å². The Morgan fingerprint density at radius 1 is 1.06 bits per heavy atom. The molecule has 0 aromatic heterocycles. The van der Waals surface area contributed by atoms with Crippen molar-refractivity contribution in [2.24, 2.45) is 0 Å². The molecule has 2 aromatic carbocycles. The van der Waals surface area contributed by atoms with E-state index in [0.29, 0.717) is 13.1 Å². The topological polar surface area (TPSA) is 86.8 Å². The fraction of sp³-hybridized carbons (Fsp3) is 0.391. The van der Waals surface area contributed by atoms with E-state index in [1.165, 1.54) is 34.5 Å². The highest BCUT2D eigenvalue weighted by Gasteiger charge is 2.30. The molecule has 172 valence electrons. The van der Waals surface area contributed by atoms with Crippen LogP contribution in [0.3, 0.4) is 0 Å². The molecule has 7 nitrogen and oxygen atoms in total. The van der Waals surface area contributed by atoms with Gasteiger partial charge in [0, 0.05) is 31.4 Å². The van der Waals surface area contributed by atoms with E-state index in [9.17, 15) is 18.0 Å². The number of carbonyl (C=O) groups excluding carboxylic acids is 2. The molecule has 1 aliphatic rings. The SMILES string of the molecule is Cc1cc(C)c(NC(=O)CN(C)C(=O)c2ccc(Cl)c(S(=O)(=O)N3CCCC3)c2)c(C)c1. The van der Waals surface area contributed by atoms with Crippen molar-refractivity contribution in [1.29, 1.82) is 0 Å². The highest BCUT2D eigenvalue weighted by atomic mass is 35.5. The third-order valence-electron chi connectivity index (χ3n) is 5.53. The van der Waals surface area contributed by atoms with Crippen LogP contribution in [-0.2, 0) is 14.8 Å². The van der Waals surface area contributed by atoms with Gasteiger partial charge in [0.15, 0.2) is 0 Å². The lowest BCUT2D eigenvalue weighted by Crippen LogP contribution is -2.35. The van der Waals surface area contributed by atoms with Gasteiger partial charge in [0.05, 0.1) is 11.6 Å². The summed E-state index contributed by atoms with van der Waals surface area (Å²) in [6.07, 6.45) is 1.60. The van der Waals surface area contributed by atoms with Crippen LogP contribution in [-0.4, -0.2) is 56.1 Å². The summed E-state index contributed by atoms with van der Waals surface area (Å²) >= 11 is 6.16. The molecule has 0 aliphatic carbocycles. The number of hydrogen-bond donors (Lipinski definition) is 1. The normalized spacial score (nSPS) is 14.4. The van der Waals surface area contributed by atoms with Crippen molar-refractivity contribution in [1.82, 2.24) is 9.21 Å². The Balaban J connectivity index is 1.75. The van der Waals surface area contributed by atoms with Crippen molar-refractivity contribution in [2.45, 2.75) is 38.5 Å². The maximum atomic E-state index is 12.9. The van der Waals surface area contributed by atoms with Gasteiger partial charge in [-0.3, -0.25) is 9.59 Å². The molecular weight excluding hydrogens is 450 g/mol. The fourth-order valence-electron chi connectivity index (χ4n) is 3.97. The van der Waals surface area contributed by atoms with Crippen LogP contribution in [0.5, 0.6) is 0 Å². The molecule has 0 atom stereocenters. The summed E-state index contributed by atoms with van der Waals surface area (Å²) in [7, 11) is -2.28. The number of halogens is 1. The highest BCUT2D eigenvalue weighted by molar-refractivity contribution is 7.89. The Hall–Kier alpha value is -2.42. The fourth-order valence-corrected chi connectivity index (χ4v) is 5.98. The van der Waals surface area contributed by atoms with E-state index in [0.717, 1.165) is 35.2 Å². The number of aryl methyl sites for hydroxylation is 3. The van der Waals surface area contributed by atoms with Gasteiger partial charge in [-0.05, 0) is 62.9 Å². The number of likely N-dealkylation sites (N-methyl/N-ethyl adjacent to an activating group) is 1. The molecular formula is C23H28ClN3O4S. The number of sulfonamides is 1. The summed E-state index contributed by atoms with van der Waals surface area (Å²) in [5.74, 6) is -0.804. The molecule has 0 spiro atoms. The Morgan fingerprint density at radius 2 is 1.66 bits per heavy atom. The Labute approximate surface area is 194 Å². The second kappa shape index (κ2) is 9.60. The first-order chi connectivity index (χ1) is 15.0. The maximum absolute atomic E-state index is 12.9. The van der Waals surface area contributed by atoms with Gasteiger partial charge in [0.25, 0.3) is 5.91 Å². The van der Waals surface area contributed by atoms with E-state index in [1.54, 1.807) is 0 Å². The van der Waals surface area contributed by atoms with Gasteiger partial charge < -0.3 is 10.2 Å². The minimum Gasteiger partial charge on any atom is -0.332 e. The Morgan fingerprint density at radius 3 is 2.25 bits per heavy atom. The molecule has 2 amide bonds. The number of carbonyl (C=O) groups is 2. The van der Waals surface area contributed by atoms with Crippen LogP contribution in [0.4, 0.5) is 5.69 Å². The summed E-state index contributed by atoms with van der Waals surface area (Å²) in [6.45, 7) is 6.52. The van der Waals surface area contributed by atoms with Gasteiger partial charge in [0.1, 0.15) is 4.90 Å². The van der Waals surface area contributed by atoms with Crippen LogP contribution >= 0.6 is 11.6 Å². The average molecular weight is 478 g/mol. The number of hydrogen-bond acceptors (Lipinski definition) is 4. The van der Waals surface area contributed by atoms with E-state index in [-0.39, 0.29) is 27.9 Å². The van der Waals surface area contributed by atoms with E-state index < -0.39 is 15.9 Å². The van der Waals surface area contributed by atoms with Gasteiger partial charge in [0.2, 0.25) is 15.9 Å². The van der Waals surface area contributed by atoms with Gasteiger partial charge in [-0.1, -0.05) is 29.3 Å². The molecule has 1 fully saturated rings.